The van der Waals surface area contributed by atoms with E-state index in [1.165, 1.54) is 32.1 Å². The third-order valence-corrected chi connectivity index (χ3v) is 4.81. The molecule has 6 heteroatoms. The van der Waals surface area contributed by atoms with Gasteiger partial charge in [0.2, 0.25) is 0 Å². The van der Waals surface area contributed by atoms with Gasteiger partial charge in [0.05, 0.1) is 0 Å². The Bertz CT molecular complexity index is 370. The molecule has 3 N–H and O–H groups in total. The minimum Gasteiger partial charge on any atom is -0.480 e. The normalized spacial score (nSPS) is 23.7. The maximum Gasteiger partial charge on any atom is 0.320 e. The van der Waals surface area contributed by atoms with Gasteiger partial charge in [0.15, 0.2) is 0 Å². The van der Waals surface area contributed by atoms with Gasteiger partial charge >= 0.3 is 11.9 Å². The molecule has 6 nitrogen and oxygen atoms in total. The number of hydrogen-bond acceptors (Lipinski definition) is 4. The fourth-order valence-electron chi connectivity index (χ4n) is 3.36. The lowest BCUT2D eigenvalue weighted by Crippen LogP contribution is -2.36. The summed E-state index contributed by atoms with van der Waals surface area (Å²) in [6, 6.07) is -0.467. The van der Waals surface area contributed by atoms with Crippen molar-refractivity contribution < 1.29 is 19.8 Å². The lowest BCUT2D eigenvalue weighted by molar-refractivity contribution is -0.142. The summed E-state index contributed by atoms with van der Waals surface area (Å²) < 4.78 is 0. The van der Waals surface area contributed by atoms with Crippen LogP contribution in [-0.2, 0) is 9.59 Å². The quantitative estimate of drug-likeness (QED) is 0.558. The van der Waals surface area contributed by atoms with E-state index in [2.05, 4.69) is 17.1 Å². The second-order valence-corrected chi connectivity index (χ2v) is 6.79. The monoisotopic (exact) mass is 342 g/mol. The minimum atomic E-state index is -0.720. The van der Waals surface area contributed by atoms with Crippen molar-refractivity contribution in [3.05, 3.63) is 0 Å². The number of carboxylic acids is 2. The van der Waals surface area contributed by atoms with Gasteiger partial charge < -0.3 is 15.5 Å². The second-order valence-electron chi connectivity index (χ2n) is 6.79. The smallest absolute Gasteiger partial charge is 0.320 e. The van der Waals surface area contributed by atoms with Crippen LogP contribution in [0.1, 0.15) is 71.1 Å². The van der Waals surface area contributed by atoms with E-state index in [0.29, 0.717) is 0 Å². The molecule has 2 fully saturated rings. The molecular formula is C18H34N2O4. The van der Waals surface area contributed by atoms with Gasteiger partial charge in [0.1, 0.15) is 12.1 Å². The van der Waals surface area contributed by atoms with Crippen LogP contribution in [0.15, 0.2) is 0 Å². The summed E-state index contributed by atoms with van der Waals surface area (Å²) in [4.78, 5) is 23.2. The summed E-state index contributed by atoms with van der Waals surface area (Å²) in [5.41, 5.74) is 0. The van der Waals surface area contributed by atoms with Gasteiger partial charge in [-0.3, -0.25) is 14.5 Å². The van der Waals surface area contributed by atoms with E-state index >= 15 is 0 Å². The maximum absolute atomic E-state index is 10.9. The number of likely N-dealkylation sites (tertiary alicyclic amines) is 1. The van der Waals surface area contributed by atoms with Gasteiger partial charge in [0.25, 0.3) is 0 Å². The number of aliphatic carboxylic acids is 2. The van der Waals surface area contributed by atoms with Crippen molar-refractivity contribution in [2.45, 2.75) is 83.2 Å². The van der Waals surface area contributed by atoms with Crippen LogP contribution in [0, 0.1) is 0 Å². The highest BCUT2D eigenvalue weighted by Gasteiger charge is 2.29. The Hall–Kier alpha value is -1.14. The van der Waals surface area contributed by atoms with Gasteiger partial charge in [-0.15, -0.1) is 0 Å². The Morgan fingerprint density at radius 3 is 2.25 bits per heavy atom. The molecule has 2 rings (SSSR count). The minimum absolute atomic E-state index is 0.198. The summed E-state index contributed by atoms with van der Waals surface area (Å²) in [6.45, 7) is 5.04. The molecule has 0 spiro atoms. The zero-order valence-corrected chi connectivity index (χ0v) is 15.0. The summed E-state index contributed by atoms with van der Waals surface area (Å²) in [6.07, 6.45) is 11.3. The van der Waals surface area contributed by atoms with Gasteiger partial charge in [0, 0.05) is 0 Å². The van der Waals surface area contributed by atoms with Crippen LogP contribution in [0.3, 0.4) is 0 Å². The number of carbonyl (C=O) groups is 2. The molecule has 2 saturated heterocycles. The third-order valence-electron chi connectivity index (χ3n) is 4.81. The Balaban J connectivity index is 0.000000300. The van der Waals surface area contributed by atoms with Crippen LogP contribution in [0.2, 0.25) is 0 Å². The second kappa shape index (κ2) is 12.3. The van der Waals surface area contributed by atoms with E-state index in [9.17, 15) is 9.59 Å². The van der Waals surface area contributed by atoms with Crippen molar-refractivity contribution in [3.63, 3.8) is 0 Å². The largest absolute Gasteiger partial charge is 0.480 e. The van der Waals surface area contributed by atoms with Crippen LogP contribution in [0.25, 0.3) is 0 Å². The van der Waals surface area contributed by atoms with Crippen LogP contribution >= 0.6 is 0 Å². The predicted octanol–water partition coefficient (Wildman–Crippen LogP) is 2.72. The van der Waals surface area contributed by atoms with Gasteiger partial charge in [-0.1, -0.05) is 39.0 Å². The van der Waals surface area contributed by atoms with Crippen molar-refractivity contribution >= 4 is 11.9 Å². The first-order valence-electron chi connectivity index (χ1n) is 9.49. The summed E-state index contributed by atoms with van der Waals surface area (Å²) >= 11 is 0. The van der Waals surface area contributed by atoms with E-state index < -0.39 is 11.9 Å². The lowest BCUT2D eigenvalue weighted by Gasteiger charge is -2.20. The fraction of sp³-hybridized carbons (Fsp3) is 0.889. The molecular weight excluding hydrogens is 308 g/mol. The first kappa shape index (κ1) is 20.9. The van der Waals surface area contributed by atoms with Crippen molar-refractivity contribution in [1.29, 1.82) is 0 Å². The van der Waals surface area contributed by atoms with Crippen LogP contribution in [0.4, 0.5) is 0 Å². The standard InChI is InChI=1S/C13H25NO2.C5H9NO2/c1-2-3-4-5-6-7-10-14-11-8-9-12(14)13(15)16;7-5(8)4-2-1-3-6-4/h12H,2-11H2,1H3,(H,15,16);4,6H,1-3H2,(H,7,8)/t12-;4-/m00/s1. The predicted molar refractivity (Wildman–Crippen MR) is 94.3 cm³/mol. The van der Waals surface area contributed by atoms with Crippen molar-refractivity contribution in [2.24, 2.45) is 0 Å². The van der Waals surface area contributed by atoms with Crippen molar-refractivity contribution in [3.8, 4) is 0 Å². The fourth-order valence-corrected chi connectivity index (χ4v) is 3.36. The highest BCUT2D eigenvalue weighted by Crippen LogP contribution is 2.18. The van der Waals surface area contributed by atoms with Gasteiger partial charge in [-0.25, -0.2) is 0 Å². The molecule has 2 aliphatic heterocycles. The van der Waals surface area contributed by atoms with Gasteiger partial charge in [-0.2, -0.15) is 0 Å². The molecule has 0 saturated carbocycles. The van der Waals surface area contributed by atoms with Crippen molar-refractivity contribution in [1.82, 2.24) is 10.2 Å². The van der Waals surface area contributed by atoms with Gasteiger partial charge in [-0.05, 0) is 51.7 Å². The topological polar surface area (TPSA) is 89.9 Å². The van der Waals surface area contributed by atoms with Crippen LogP contribution in [0.5, 0.6) is 0 Å². The molecule has 0 unspecified atom stereocenters. The average Bonchev–Trinajstić information content (AvgIpc) is 3.22. The van der Waals surface area contributed by atoms with E-state index in [1.807, 2.05) is 0 Å². The molecule has 0 aromatic carbocycles. The molecule has 0 bridgehead atoms. The number of unbranched alkanes of at least 4 members (excludes halogenated alkanes) is 5. The highest BCUT2D eigenvalue weighted by molar-refractivity contribution is 5.74. The molecule has 0 aromatic heterocycles. The molecule has 24 heavy (non-hydrogen) atoms. The Labute approximate surface area is 145 Å². The molecule has 0 aliphatic carbocycles. The number of carboxylic acid groups (broad SMARTS) is 2. The molecule has 0 amide bonds. The summed E-state index contributed by atoms with van der Waals surface area (Å²) in [7, 11) is 0. The molecule has 2 aliphatic rings. The molecule has 0 radical (unpaired) electrons. The van der Waals surface area contributed by atoms with Crippen molar-refractivity contribution in [2.75, 3.05) is 19.6 Å². The Morgan fingerprint density at radius 2 is 1.71 bits per heavy atom. The number of nitrogens with one attached hydrogen (secondary N) is 1. The summed E-state index contributed by atoms with van der Waals surface area (Å²) in [5, 5.41) is 20.2. The Kier molecular flexibility index (Phi) is 10.7. The number of rotatable bonds is 9. The third kappa shape index (κ3) is 8.11. The number of nitrogens with zero attached hydrogens (tertiary/aromatic N) is 1. The first-order chi connectivity index (χ1) is 11.6. The first-order valence-corrected chi connectivity index (χ1v) is 9.49. The maximum atomic E-state index is 10.9. The van der Waals surface area contributed by atoms with E-state index in [-0.39, 0.29) is 12.1 Å². The van der Waals surface area contributed by atoms with E-state index in [0.717, 1.165) is 51.7 Å². The molecule has 2 atom stereocenters. The molecule has 0 aromatic rings. The van der Waals surface area contributed by atoms with Crippen LogP contribution < -0.4 is 5.32 Å². The van der Waals surface area contributed by atoms with E-state index in [4.69, 9.17) is 10.2 Å². The number of hydrogen-bond donors (Lipinski definition) is 3. The molecule has 2 heterocycles. The molecule has 140 valence electrons. The highest BCUT2D eigenvalue weighted by atomic mass is 16.4. The van der Waals surface area contributed by atoms with E-state index in [1.54, 1.807) is 0 Å². The Morgan fingerprint density at radius 1 is 1.00 bits per heavy atom. The average molecular weight is 342 g/mol. The SMILES string of the molecule is CCCCCCCCN1CCC[C@H]1C(=O)O.O=C(O)[C@@H]1CCCN1. The summed E-state index contributed by atoms with van der Waals surface area (Å²) in [5.74, 6) is -1.36. The van der Waals surface area contributed by atoms with Crippen LogP contribution in [-0.4, -0.2) is 58.8 Å². The zero-order chi connectivity index (χ0) is 17.8. The zero-order valence-electron chi connectivity index (χ0n) is 15.0. The lowest BCUT2D eigenvalue weighted by atomic mass is 10.1.